The Morgan fingerprint density at radius 1 is 1.18 bits per heavy atom. The first-order chi connectivity index (χ1) is 10.1. The van der Waals surface area contributed by atoms with Crippen LogP contribution in [0.4, 0.5) is 0 Å². The van der Waals surface area contributed by atoms with Crippen molar-refractivity contribution in [3.8, 4) is 5.75 Å². The molecule has 0 amide bonds. The molecular weight excluding hydrogens is 387 g/mol. The van der Waals surface area contributed by atoms with E-state index in [1.165, 1.54) is 0 Å². The van der Waals surface area contributed by atoms with Crippen molar-refractivity contribution in [3.05, 3.63) is 63.1 Å². The Morgan fingerprint density at radius 3 is 2.64 bits per heavy atom. The normalized spacial score (nSPS) is 12.9. The first-order valence-corrected chi connectivity index (χ1v) is 7.29. The monoisotopic (exact) mass is 400 g/mol. The van der Waals surface area contributed by atoms with Crippen LogP contribution < -0.4 is 4.74 Å². The summed E-state index contributed by atoms with van der Waals surface area (Å²) in [6, 6.07) is 11.5. The fourth-order valence-corrected chi connectivity index (χ4v) is 2.87. The lowest BCUT2D eigenvalue weighted by atomic mass is 10.1. The van der Waals surface area contributed by atoms with Gasteiger partial charge in [0.05, 0.1) is 17.2 Å². The van der Waals surface area contributed by atoms with Gasteiger partial charge in [-0.3, -0.25) is 5.41 Å². The van der Waals surface area contributed by atoms with Crippen LogP contribution in [0.1, 0.15) is 16.7 Å². The van der Waals surface area contributed by atoms with Gasteiger partial charge >= 0.3 is 0 Å². The predicted octanol–water partition coefficient (Wildman–Crippen LogP) is 4.92. The van der Waals surface area contributed by atoms with Gasteiger partial charge in [0.15, 0.2) is 0 Å². The standard InChI is InChI=1S/C16H14Cl2N2O.BrH/c1-21-12-4-2-3-10(5-12)8-20-9-11-6-14(17)15(18)7-13(11)16(20)19;/h2-7,19H,8-9H2,1H3;1H. The van der Waals surface area contributed by atoms with E-state index in [2.05, 4.69) is 0 Å². The minimum atomic E-state index is 0. The summed E-state index contributed by atoms with van der Waals surface area (Å²) in [6.07, 6.45) is 0. The minimum absolute atomic E-state index is 0. The van der Waals surface area contributed by atoms with Crippen LogP contribution in [0.3, 0.4) is 0 Å². The van der Waals surface area contributed by atoms with Crippen LogP contribution in [0.2, 0.25) is 10.0 Å². The lowest BCUT2D eigenvalue weighted by Crippen LogP contribution is -2.23. The average molecular weight is 402 g/mol. The van der Waals surface area contributed by atoms with Crippen LogP contribution in [0.25, 0.3) is 0 Å². The van der Waals surface area contributed by atoms with Gasteiger partial charge in [-0.25, -0.2) is 0 Å². The Kier molecular flexibility index (Phi) is 5.37. The molecule has 22 heavy (non-hydrogen) atoms. The van der Waals surface area contributed by atoms with Crippen molar-refractivity contribution in [2.75, 3.05) is 7.11 Å². The molecule has 0 spiro atoms. The molecule has 0 saturated carbocycles. The number of benzene rings is 2. The summed E-state index contributed by atoms with van der Waals surface area (Å²) < 4.78 is 5.23. The van der Waals surface area contributed by atoms with Gasteiger partial charge in [0, 0.05) is 18.7 Å². The Morgan fingerprint density at radius 2 is 1.91 bits per heavy atom. The summed E-state index contributed by atoms with van der Waals surface area (Å²) in [5.41, 5.74) is 2.99. The second-order valence-corrected chi connectivity index (χ2v) is 5.79. The predicted molar refractivity (Wildman–Crippen MR) is 95.9 cm³/mol. The lowest BCUT2D eigenvalue weighted by Gasteiger charge is -2.18. The number of hydrogen-bond donors (Lipinski definition) is 1. The topological polar surface area (TPSA) is 36.3 Å². The van der Waals surface area contributed by atoms with Crippen LogP contribution >= 0.6 is 40.2 Å². The average Bonchev–Trinajstić information content (AvgIpc) is 2.76. The third-order valence-corrected chi connectivity index (χ3v) is 4.31. The number of fused-ring (bicyclic) bond motifs is 1. The number of halogens is 3. The highest BCUT2D eigenvalue weighted by Gasteiger charge is 2.25. The summed E-state index contributed by atoms with van der Waals surface area (Å²) in [5.74, 6) is 1.30. The number of rotatable bonds is 3. The molecule has 0 fully saturated rings. The Balaban J connectivity index is 0.00000176. The second-order valence-electron chi connectivity index (χ2n) is 4.98. The molecule has 116 valence electrons. The third-order valence-electron chi connectivity index (χ3n) is 3.59. The molecule has 0 radical (unpaired) electrons. The molecule has 0 atom stereocenters. The summed E-state index contributed by atoms with van der Waals surface area (Å²) in [4.78, 5) is 1.99. The number of nitrogens with one attached hydrogen (secondary N) is 1. The molecule has 0 aromatic heterocycles. The van der Waals surface area contributed by atoms with Gasteiger partial charge in [0.25, 0.3) is 0 Å². The highest BCUT2D eigenvalue weighted by molar-refractivity contribution is 8.93. The molecule has 2 aromatic rings. The van der Waals surface area contributed by atoms with Crippen molar-refractivity contribution in [2.24, 2.45) is 0 Å². The molecule has 6 heteroatoms. The molecule has 1 aliphatic rings. The first-order valence-electron chi connectivity index (χ1n) is 6.53. The maximum absolute atomic E-state index is 8.30. The highest BCUT2D eigenvalue weighted by atomic mass is 79.9. The van der Waals surface area contributed by atoms with Crippen molar-refractivity contribution in [1.29, 1.82) is 5.41 Å². The van der Waals surface area contributed by atoms with Crippen molar-refractivity contribution in [3.63, 3.8) is 0 Å². The smallest absolute Gasteiger partial charge is 0.129 e. The Labute approximate surface area is 150 Å². The number of ether oxygens (including phenoxy) is 1. The maximum atomic E-state index is 8.30. The van der Waals surface area contributed by atoms with Gasteiger partial charge in [-0.1, -0.05) is 35.3 Å². The quantitative estimate of drug-likeness (QED) is 0.792. The minimum Gasteiger partial charge on any atom is -0.497 e. The molecule has 0 unspecified atom stereocenters. The van der Waals surface area contributed by atoms with Gasteiger partial charge in [-0.05, 0) is 35.4 Å². The molecule has 0 saturated heterocycles. The fraction of sp³-hybridized carbons (Fsp3) is 0.188. The molecule has 0 aliphatic carbocycles. The molecule has 1 N–H and O–H groups in total. The van der Waals surface area contributed by atoms with Crippen molar-refractivity contribution in [2.45, 2.75) is 13.1 Å². The van der Waals surface area contributed by atoms with E-state index in [9.17, 15) is 0 Å². The van der Waals surface area contributed by atoms with Gasteiger partial charge in [0.2, 0.25) is 0 Å². The maximum Gasteiger partial charge on any atom is 0.129 e. The van der Waals surface area contributed by atoms with Gasteiger partial charge < -0.3 is 9.64 Å². The van der Waals surface area contributed by atoms with Gasteiger partial charge in [-0.2, -0.15) is 0 Å². The van der Waals surface area contributed by atoms with Gasteiger partial charge in [-0.15, -0.1) is 17.0 Å². The summed E-state index contributed by atoms with van der Waals surface area (Å²) in [5, 5.41) is 9.32. The van der Waals surface area contributed by atoms with Crippen LogP contribution in [0.15, 0.2) is 36.4 Å². The van der Waals surface area contributed by atoms with E-state index in [0.717, 1.165) is 22.4 Å². The van der Waals surface area contributed by atoms with Crippen LogP contribution in [0.5, 0.6) is 5.75 Å². The highest BCUT2D eigenvalue weighted by Crippen LogP contribution is 2.32. The zero-order valence-corrected chi connectivity index (χ0v) is 15.1. The fourth-order valence-electron chi connectivity index (χ4n) is 2.52. The van der Waals surface area contributed by atoms with Crippen LogP contribution in [0, 0.1) is 5.41 Å². The van der Waals surface area contributed by atoms with E-state index in [1.54, 1.807) is 13.2 Å². The Hall–Kier alpha value is -1.23. The second kappa shape index (κ2) is 6.90. The molecule has 3 nitrogen and oxygen atoms in total. The number of hydrogen-bond acceptors (Lipinski definition) is 2. The molecule has 3 rings (SSSR count). The molecular formula is C16H15BrCl2N2O. The van der Waals surface area contributed by atoms with Gasteiger partial charge in [0.1, 0.15) is 11.6 Å². The molecule has 1 heterocycles. The van der Waals surface area contributed by atoms with E-state index < -0.39 is 0 Å². The lowest BCUT2D eigenvalue weighted by molar-refractivity contribution is 0.406. The third kappa shape index (κ3) is 3.24. The van der Waals surface area contributed by atoms with E-state index in [4.69, 9.17) is 33.3 Å². The SMILES string of the molecule is Br.COc1cccc(CN2Cc3cc(Cl)c(Cl)cc3C2=N)c1. The first kappa shape index (κ1) is 17.1. The zero-order chi connectivity index (χ0) is 15.0. The molecule has 1 aliphatic heterocycles. The molecule has 0 bridgehead atoms. The number of amidine groups is 1. The van der Waals surface area contributed by atoms with E-state index in [0.29, 0.717) is 29.0 Å². The van der Waals surface area contributed by atoms with Crippen molar-refractivity contribution in [1.82, 2.24) is 4.90 Å². The van der Waals surface area contributed by atoms with E-state index >= 15 is 0 Å². The zero-order valence-electron chi connectivity index (χ0n) is 11.9. The molecule has 2 aromatic carbocycles. The largest absolute Gasteiger partial charge is 0.497 e. The van der Waals surface area contributed by atoms with Crippen molar-refractivity contribution < 1.29 is 4.74 Å². The van der Waals surface area contributed by atoms with Crippen LogP contribution in [-0.2, 0) is 13.1 Å². The summed E-state index contributed by atoms with van der Waals surface area (Å²) in [6.45, 7) is 1.32. The van der Waals surface area contributed by atoms with Crippen LogP contribution in [-0.4, -0.2) is 17.8 Å². The van der Waals surface area contributed by atoms with E-state index in [-0.39, 0.29) is 17.0 Å². The summed E-state index contributed by atoms with van der Waals surface area (Å²) in [7, 11) is 1.65. The van der Waals surface area contributed by atoms with E-state index in [1.807, 2.05) is 35.2 Å². The number of nitrogens with zero attached hydrogens (tertiary/aromatic N) is 1. The Bertz CT molecular complexity index is 721. The van der Waals surface area contributed by atoms with Crippen molar-refractivity contribution >= 4 is 46.0 Å². The number of methoxy groups -OCH3 is 1. The summed E-state index contributed by atoms with van der Waals surface area (Å²) >= 11 is 12.1.